The quantitative estimate of drug-likeness (QED) is 0.539. The van der Waals surface area contributed by atoms with Gasteiger partial charge in [-0.25, -0.2) is 0 Å². The van der Waals surface area contributed by atoms with Crippen LogP contribution < -0.4 is 0 Å². The number of azo groups is 1. The minimum atomic E-state index is 0.944. The lowest BCUT2D eigenvalue weighted by Gasteiger charge is -2.01. The third-order valence-electron chi connectivity index (χ3n) is 2.34. The molecule has 14 heavy (non-hydrogen) atoms. The molecule has 66 valence electrons. The standard InChI is InChI=1S/C12H8N2/c1-2-4-9(5-3-1)11-7-6-10-8-12(11)14-13-10/h1-8H. The Bertz CT molecular complexity index is 501. The summed E-state index contributed by atoms with van der Waals surface area (Å²) in [6.45, 7) is 0. The fourth-order valence-electron chi connectivity index (χ4n) is 1.64. The van der Waals surface area contributed by atoms with Gasteiger partial charge in [0.2, 0.25) is 0 Å². The average molecular weight is 180 g/mol. The van der Waals surface area contributed by atoms with Crippen molar-refractivity contribution < 1.29 is 0 Å². The first kappa shape index (κ1) is 7.44. The molecule has 0 spiro atoms. The largest absolute Gasteiger partial charge is 0.150 e. The van der Waals surface area contributed by atoms with Crippen LogP contribution >= 0.6 is 0 Å². The summed E-state index contributed by atoms with van der Waals surface area (Å²) >= 11 is 0. The van der Waals surface area contributed by atoms with Crippen LogP contribution in [0.4, 0.5) is 11.4 Å². The Kier molecular flexibility index (Phi) is 1.47. The predicted molar refractivity (Wildman–Crippen MR) is 56.1 cm³/mol. The van der Waals surface area contributed by atoms with E-state index in [1.807, 2.05) is 30.3 Å². The van der Waals surface area contributed by atoms with Crippen molar-refractivity contribution >= 4 is 11.4 Å². The summed E-state index contributed by atoms with van der Waals surface area (Å²) in [5.74, 6) is 0. The Hall–Kier alpha value is -1.96. The van der Waals surface area contributed by atoms with Gasteiger partial charge in [-0.3, -0.25) is 0 Å². The molecule has 2 aromatic rings. The second kappa shape index (κ2) is 2.77. The van der Waals surface area contributed by atoms with Crippen molar-refractivity contribution in [3.8, 4) is 11.1 Å². The van der Waals surface area contributed by atoms with Crippen LogP contribution in [0.15, 0.2) is 58.8 Å². The SMILES string of the molecule is c1ccc(-c2ccc3cc2N=N3)cc1. The molecule has 0 aliphatic carbocycles. The van der Waals surface area contributed by atoms with Gasteiger partial charge in [-0.05, 0) is 23.8 Å². The average Bonchev–Trinajstić information content (AvgIpc) is 2.62. The molecule has 0 unspecified atom stereocenters. The first-order valence-electron chi connectivity index (χ1n) is 4.55. The van der Waals surface area contributed by atoms with Gasteiger partial charge in [-0.1, -0.05) is 30.3 Å². The molecule has 0 radical (unpaired) electrons. The van der Waals surface area contributed by atoms with E-state index in [0.29, 0.717) is 0 Å². The van der Waals surface area contributed by atoms with Crippen molar-refractivity contribution in [2.75, 3.05) is 0 Å². The zero-order valence-corrected chi connectivity index (χ0v) is 7.51. The predicted octanol–water partition coefficient (Wildman–Crippen LogP) is 4.08. The molecular formula is C12H8N2. The summed E-state index contributed by atoms with van der Waals surface area (Å²) in [5, 5.41) is 8.12. The number of fused-ring (bicyclic) bond motifs is 2. The highest BCUT2D eigenvalue weighted by Crippen LogP contribution is 2.38. The Morgan fingerprint density at radius 2 is 1.64 bits per heavy atom. The number of benzene rings is 2. The maximum absolute atomic E-state index is 4.11. The van der Waals surface area contributed by atoms with Gasteiger partial charge in [0.1, 0.15) is 0 Å². The second-order valence-corrected chi connectivity index (χ2v) is 3.27. The molecule has 1 heterocycles. The van der Waals surface area contributed by atoms with Gasteiger partial charge in [0.25, 0.3) is 0 Å². The van der Waals surface area contributed by atoms with Crippen LogP contribution in [0.2, 0.25) is 0 Å². The number of hydrogen-bond acceptors (Lipinski definition) is 2. The van der Waals surface area contributed by atoms with Gasteiger partial charge in [0.05, 0.1) is 11.4 Å². The second-order valence-electron chi connectivity index (χ2n) is 3.27. The van der Waals surface area contributed by atoms with Gasteiger partial charge in [-0.15, -0.1) is 5.11 Å². The molecule has 3 rings (SSSR count). The van der Waals surface area contributed by atoms with Crippen molar-refractivity contribution in [3.05, 3.63) is 48.5 Å². The van der Waals surface area contributed by atoms with Crippen LogP contribution in [0.3, 0.4) is 0 Å². The van der Waals surface area contributed by atoms with Crippen molar-refractivity contribution in [2.24, 2.45) is 10.2 Å². The third-order valence-corrected chi connectivity index (χ3v) is 2.34. The van der Waals surface area contributed by atoms with E-state index >= 15 is 0 Å². The van der Waals surface area contributed by atoms with Crippen LogP contribution in [0.25, 0.3) is 11.1 Å². The summed E-state index contributed by atoms with van der Waals surface area (Å²) in [6, 6.07) is 16.3. The molecule has 0 fully saturated rings. The highest BCUT2D eigenvalue weighted by Gasteiger charge is 2.09. The summed E-state index contributed by atoms with van der Waals surface area (Å²) < 4.78 is 0. The van der Waals surface area contributed by atoms with Gasteiger partial charge in [0.15, 0.2) is 0 Å². The minimum absolute atomic E-state index is 0.944. The summed E-state index contributed by atoms with van der Waals surface area (Å²) in [7, 11) is 0. The van der Waals surface area contributed by atoms with Gasteiger partial charge >= 0.3 is 0 Å². The Labute approximate surface area is 81.9 Å². The Balaban J connectivity index is 2.21. The number of nitrogens with zero attached hydrogens (tertiary/aromatic N) is 2. The van der Waals surface area contributed by atoms with Gasteiger partial charge in [0, 0.05) is 5.56 Å². The van der Waals surface area contributed by atoms with Crippen molar-refractivity contribution in [2.45, 2.75) is 0 Å². The van der Waals surface area contributed by atoms with Crippen LogP contribution in [-0.2, 0) is 0 Å². The van der Waals surface area contributed by atoms with Crippen molar-refractivity contribution in [1.29, 1.82) is 0 Å². The third kappa shape index (κ3) is 1.04. The normalized spacial score (nSPS) is 12.0. The summed E-state index contributed by atoms with van der Waals surface area (Å²) in [6.07, 6.45) is 0. The van der Waals surface area contributed by atoms with Crippen molar-refractivity contribution in [1.82, 2.24) is 0 Å². The molecule has 0 atom stereocenters. The molecule has 2 bridgehead atoms. The van der Waals surface area contributed by atoms with Gasteiger partial charge < -0.3 is 0 Å². The Morgan fingerprint density at radius 3 is 2.50 bits per heavy atom. The molecule has 0 aromatic heterocycles. The molecule has 1 aliphatic heterocycles. The van der Waals surface area contributed by atoms with E-state index in [2.05, 4.69) is 28.4 Å². The van der Waals surface area contributed by atoms with Crippen LogP contribution in [0, 0.1) is 0 Å². The minimum Gasteiger partial charge on any atom is -0.150 e. The molecule has 2 aromatic carbocycles. The maximum atomic E-state index is 4.11. The number of rotatable bonds is 1. The first-order valence-corrected chi connectivity index (χ1v) is 4.55. The van der Waals surface area contributed by atoms with Crippen LogP contribution in [-0.4, -0.2) is 0 Å². The first-order chi connectivity index (χ1) is 6.93. The molecule has 0 saturated heterocycles. The molecule has 0 saturated carbocycles. The Morgan fingerprint density at radius 1 is 0.786 bits per heavy atom. The molecule has 2 nitrogen and oxygen atoms in total. The van der Waals surface area contributed by atoms with Gasteiger partial charge in [-0.2, -0.15) is 5.11 Å². The number of hydrogen-bond donors (Lipinski definition) is 0. The molecule has 2 heteroatoms. The van der Waals surface area contributed by atoms with E-state index in [0.717, 1.165) is 16.9 Å². The summed E-state index contributed by atoms with van der Waals surface area (Å²) in [5.41, 5.74) is 4.25. The van der Waals surface area contributed by atoms with E-state index in [-0.39, 0.29) is 0 Å². The van der Waals surface area contributed by atoms with E-state index in [9.17, 15) is 0 Å². The lowest BCUT2D eigenvalue weighted by Crippen LogP contribution is -1.74. The van der Waals surface area contributed by atoms with Crippen molar-refractivity contribution in [3.63, 3.8) is 0 Å². The zero-order chi connectivity index (χ0) is 9.38. The maximum Gasteiger partial charge on any atom is 0.0957 e. The smallest absolute Gasteiger partial charge is 0.0957 e. The fraction of sp³-hybridized carbons (Fsp3) is 0. The van der Waals surface area contributed by atoms with Crippen LogP contribution in [0.1, 0.15) is 0 Å². The highest BCUT2D eigenvalue weighted by molar-refractivity contribution is 5.79. The lowest BCUT2D eigenvalue weighted by atomic mass is 10.0. The van der Waals surface area contributed by atoms with E-state index in [1.165, 1.54) is 5.56 Å². The lowest BCUT2D eigenvalue weighted by molar-refractivity contribution is 1.31. The topological polar surface area (TPSA) is 24.7 Å². The van der Waals surface area contributed by atoms with Crippen LogP contribution in [0.5, 0.6) is 0 Å². The molecular weight excluding hydrogens is 172 g/mol. The highest BCUT2D eigenvalue weighted by atomic mass is 15.1. The van der Waals surface area contributed by atoms with E-state index < -0.39 is 0 Å². The molecule has 1 aliphatic rings. The molecule has 0 N–H and O–H groups in total. The monoisotopic (exact) mass is 180 g/mol. The summed E-state index contributed by atoms with van der Waals surface area (Å²) in [4.78, 5) is 0. The molecule has 0 amide bonds. The zero-order valence-electron chi connectivity index (χ0n) is 7.51. The van der Waals surface area contributed by atoms with E-state index in [1.54, 1.807) is 0 Å². The van der Waals surface area contributed by atoms with E-state index in [4.69, 9.17) is 0 Å². The fourth-order valence-corrected chi connectivity index (χ4v) is 1.64.